The molecule has 2 aliphatic heterocycles. The first kappa shape index (κ1) is 14.9. The van der Waals surface area contributed by atoms with E-state index in [2.05, 4.69) is 17.0 Å². The molecule has 0 saturated carbocycles. The third kappa shape index (κ3) is 4.01. The Morgan fingerprint density at radius 3 is 2.45 bits per heavy atom. The maximum atomic E-state index is 5.43. The smallest absolute Gasteiger partial charge is 0.169 e. The van der Waals surface area contributed by atoms with Crippen molar-refractivity contribution in [2.45, 2.75) is 39.5 Å². The lowest BCUT2D eigenvalue weighted by Crippen LogP contribution is -2.20. The zero-order valence-corrected chi connectivity index (χ0v) is 12.6. The summed E-state index contributed by atoms with van der Waals surface area (Å²) < 4.78 is 10.8. The van der Waals surface area contributed by atoms with Crippen molar-refractivity contribution in [3.8, 4) is 11.5 Å². The van der Waals surface area contributed by atoms with Crippen molar-refractivity contribution in [3.05, 3.63) is 36.3 Å². The highest BCUT2D eigenvalue weighted by Crippen LogP contribution is 2.31. The van der Waals surface area contributed by atoms with Crippen molar-refractivity contribution in [3.63, 3.8) is 0 Å². The van der Waals surface area contributed by atoms with Gasteiger partial charge >= 0.3 is 0 Å². The Balaban J connectivity index is 0.000000704. The summed E-state index contributed by atoms with van der Waals surface area (Å²) in [6.07, 6.45) is 8.21. The van der Waals surface area contributed by atoms with Gasteiger partial charge in [-0.15, -0.1) is 0 Å². The van der Waals surface area contributed by atoms with Crippen molar-refractivity contribution < 1.29 is 9.47 Å². The molecule has 0 N–H and O–H groups in total. The summed E-state index contributed by atoms with van der Waals surface area (Å²) >= 11 is 0. The molecule has 0 atom stereocenters. The van der Waals surface area contributed by atoms with Crippen LogP contribution in [0.15, 0.2) is 30.7 Å². The van der Waals surface area contributed by atoms with E-state index in [0.717, 1.165) is 17.9 Å². The third-order valence-corrected chi connectivity index (χ3v) is 3.59. The van der Waals surface area contributed by atoms with Gasteiger partial charge in [-0.1, -0.05) is 19.9 Å². The Kier molecular flexibility index (Phi) is 5.93. The summed E-state index contributed by atoms with van der Waals surface area (Å²) in [5.41, 5.74) is 1.33. The van der Waals surface area contributed by atoms with E-state index in [1.165, 1.54) is 44.5 Å². The summed E-state index contributed by atoms with van der Waals surface area (Å²) in [5, 5.41) is 0. The van der Waals surface area contributed by atoms with E-state index in [9.17, 15) is 0 Å². The Morgan fingerprint density at radius 1 is 1.00 bits per heavy atom. The van der Waals surface area contributed by atoms with E-state index in [0.29, 0.717) is 0 Å². The quantitative estimate of drug-likeness (QED) is 0.829. The van der Waals surface area contributed by atoms with Gasteiger partial charge in [0.1, 0.15) is 12.5 Å². The highest BCUT2D eigenvalue weighted by molar-refractivity contribution is 5.44. The highest BCUT2D eigenvalue weighted by atomic mass is 16.5. The molecule has 2 aliphatic rings. The largest absolute Gasteiger partial charge is 0.458 e. The molecule has 20 heavy (non-hydrogen) atoms. The second-order valence-corrected chi connectivity index (χ2v) is 4.94. The van der Waals surface area contributed by atoms with Crippen LogP contribution in [0.5, 0.6) is 11.5 Å². The van der Waals surface area contributed by atoms with E-state index in [-0.39, 0.29) is 0 Å². The predicted molar refractivity (Wildman–Crippen MR) is 82.2 cm³/mol. The van der Waals surface area contributed by atoms with E-state index >= 15 is 0 Å². The molecule has 2 heterocycles. The molecule has 1 aromatic rings. The fourth-order valence-corrected chi connectivity index (χ4v) is 2.61. The van der Waals surface area contributed by atoms with Gasteiger partial charge in [0.15, 0.2) is 11.5 Å². The van der Waals surface area contributed by atoms with Crippen LogP contribution in [0.25, 0.3) is 0 Å². The molecule has 1 saturated heterocycles. The summed E-state index contributed by atoms with van der Waals surface area (Å²) in [6.45, 7) is 7.78. The van der Waals surface area contributed by atoms with Crippen molar-refractivity contribution in [1.29, 1.82) is 0 Å². The maximum absolute atomic E-state index is 5.43. The second-order valence-electron chi connectivity index (χ2n) is 4.94. The molecule has 0 aromatic heterocycles. The Bertz CT molecular complexity index is 437. The molecule has 0 amide bonds. The number of hydrogen-bond acceptors (Lipinski definition) is 3. The Morgan fingerprint density at radius 2 is 1.70 bits per heavy atom. The zero-order valence-electron chi connectivity index (χ0n) is 12.6. The topological polar surface area (TPSA) is 21.7 Å². The van der Waals surface area contributed by atoms with Crippen LogP contribution in [0.3, 0.4) is 0 Å². The number of fused-ring (bicyclic) bond motifs is 1. The van der Waals surface area contributed by atoms with E-state index < -0.39 is 0 Å². The number of rotatable bonds is 4. The molecule has 110 valence electrons. The second kappa shape index (κ2) is 7.95. The van der Waals surface area contributed by atoms with Crippen LogP contribution in [0.1, 0.15) is 38.7 Å². The first-order valence-electron chi connectivity index (χ1n) is 7.75. The summed E-state index contributed by atoms with van der Waals surface area (Å²) in [7, 11) is 0. The van der Waals surface area contributed by atoms with E-state index in [1.807, 2.05) is 19.9 Å². The van der Waals surface area contributed by atoms with Gasteiger partial charge < -0.3 is 14.4 Å². The minimum Gasteiger partial charge on any atom is -0.458 e. The van der Waals surface area contributed by atoms with Crippen molar-refractivity contribution in [1.82, 2.24) is 4.90 Å². The SMILES string of the molecule is C1=COc2cc(CCCN3CCCC3)ccc2O1.CC. The average Bonchev–Trinajstić information content (AvgIpc) is 3.02. The number of nitrogens with zero attached hydrogens (tertiary/aromatic N) is 1. The van der Waals surface area contributed by atoms with Crippen LogP contribution in [0.2, 0.25) is 0 Å². The summed E-state index contributed by atoms with van der Waals surface area (Å²) in [4.78, 5) is 2.56. The highest BCUT2D eigenvalue weighted by Gasteiger charge is 2.11. The van der Waals surface area contributed by atoms with Gasteiger partial charge in [0.2, 0.25) is 0 Å². The standard InChI is InChI=1S/C15H19NO2.C2H6/c1-2-8-16(7-1)9-3-4-13-5-6-14-15(12-13)18-11-10-17-14;1-2/h5-6,10-12H,1-4,7-9H2;1-2H3. The zero-order chi connectivity index (χ0) is 14.2. The van der Waals surface area contributed by atoms with Gasteiger partial charge in [-0.25, -0.2) is 0 Å². The van der Waals surface area contributed by atoms with E-state index in [1.54, 1.807) is 12.5 Å². The minimum atomic E-state index is 0.806. The molecule has 1 fully saturated rings. The Hall–Kier alpha value is -1.48. The van der Waals surface area contributed by atoms with Crippen molar-refractivity contribution >= 4 is 0 Å². The van der Waals surface area contributed by atoms with E-state index in [4.69, 9.17) is 9.47 Å². The van der Waals surface area contributed by atoms with Gasteiger partial charge in [-0.3, -0.25) is 0 Å². The van der Waals surface area contributed by atoms with Gasteiger partial charge in [0.25, 0.3) is 0 Å². The molecule has 0 bridgehead atoms. The lowest BCUT2D eigenvalue weighted by atomic mass is 10.1. The number of ether oxygens (including phenoxy) is 2. The fourth-order valence-electron chi connectivity index (χ4n) is 2.61. The fraction of sp³-hybridized carbons (Fsp3) is 0.529. The van der Waals surface area contributed by atoms with Crippen LogP contribution in [-0.4, -0.2) is 24.5 Å². The molecule has 3 nitrogen and oxygen atoms in total. The molecule has 0 spiro atoms. The number of benzene rings is 1. The van der Waals surface area contributed by atoms with Gasteiger partial charge in [0, 0.05) is 0 Å². The summed E-state index contributed by atoms with van der Waals surface area (Å²) in [5.74, 6) is 1.64. The van der Waals surface area contributed by atoms with Crippen molar-refractivity contribution in [2.75, 3.05) is 19.6 Å². The summed E-state index contributed by atoms with van der Waals surface area (Å²) in [6, 6.07) is 6.21. The average molecular weight is 275 g/mol. The molecule has 3 heteroatoms. The van der Waals surface area contributed by atoms with Crippen LogP contribution in [0, 0.1) is 0 Å². The van der Waals surface area contributed by atoms with Crippen molar-refractivity contribution in [2.24, 2.45) is 0 Å². The molecular weight excluding hydrogens is 250 g/mol. The lowest BCUT2D eigenvalue weighted by Gasteiger charge is -2.15. The monoisotopic (exact) mass is 275 g/mol. The van der Waals surface area contributed by atoms with Crippen LogP contribution >= 0.6 is 0 Å². The normalized spacial score (nSPS) is 16.7. The number of likely N-dealkylation sites (tertiary alicyclic amines) is 1. The first-order chi connectivity index (χ1) is 9.92. The van der Waals surface area contributed by atoms with Gasteiger partial charge in [-0.2, -0.15) is 0 Å². The minimum absolute atomic E-state index is 0.806. The molecule has 0 radical (unpaired) electrons. The first-order valence-corrected chi connectivity index (χ1v) is 7.75. The lowest BCUT2D eigenvalue weighted by molar-refractivity contribution is 0.333. The van der Waals surface area contributed by atoms with Gasteiger partial charge in [0.05, 0.1) is 0 Å². The number of hydrogen-bond donors (Lipinski definition) is 0. The Labute approximate surface area is 122 Å². The molecule has 3 rings (SSSR count). The number of aryl methyl sites for hydroxylation is 1. The molecule has 1 aromatic carbocycles. The molecular formula is C17H25NO2. The van der Waals surface area contributed by atoms with Crippen LogP contribution < -0.4 is 9.47 Å². The van der Waals surface area contributed by atoms with Crippen LogP contribution in [0.4, 0.5) is 0 Å². The van der Waals surface area contributed by atoms with Crippen LogP contribution in [-0.2, 0) is 6.42 Å². The van der Waals surface area contributed by atoms with Gasteiger partial charge in [-0.05, 0) is 63.0 Å². The molecule has 0 unspecified atom stereocenters. The predicted octanol–water partition coefficient (Wildman–Crippen LogP) is 3.98. The maximum Gasteiger partial charge on any atom is 0.169 e. The molecule has 0 aliphatic carbocycles. The third-order valence-electron chi connectivity index (χ3n) is 3.59.